The number of thioether (sulfide) groups is 1. The molecule has 152 valence electrons. The quantitative estimate of drug-likeness (QED) is 0.317. The van der Waals surface area contributed by atoms with Crippen molar-refractivity contribution >= 4 is 35.0 Å². The number of aromatic nitrogens is 2. The number of anilines is 1. The number of nitrogens with two attached hydrogens (primary N) is 1. The monoisotopic (exact) mass is 425 g/mol. The number of amides is 2. The number of hydrogen-bond acceptors (Lipinski definition) is 8. The highest BCUT2D eigenvalue weighted by atomic mass is 32.2. The first kappa shape index (κ1) is 20.7. The van der Waals surface area contributed by atoms with E-state index in [1.165, 1.54) is 30.7 Å². The molecule has 1 aromatic heterocycles. The molecule has 0 aliphatic rings. The maximum absolute atomic E-state index is 12.3. The molecule has 3 N–H and O–H groups in total. The highest BCUT2D eigenvalue weighted by Crippen LogP contribution is 2.30. The van der Waals surface area contributed by atoms with Crippen molar-refractivity contribution < 1.29 is 19.2 Å². The Bertz CT molecular complexity index is 1090. The summed E-state index contributed by atoms with van der Waals surface area (Å²) >= 11 is 0.975. The van der Waals surface area contributed by atoms with Crippen molar-refractivity contribution in [3.63, 3.8) is 0 Å². The van der Waals surface area contributed by atoms with Gasteiger partial charge in [0, 0.05) is 35.8 Å². The third kappa shape index (κ3) is 5.52. The van der Waals surface area contributed by atoms with Crippen LogP contribution in [0.5, 0.6) is 11.6 Å². The summed E-state index contributed by atoms with van der Waals surface area (Å²) in [6, 6.07) is 10.5. The molecule has 10 nitrogen and oxygen atoms in total. The summed E-state index contributed by atoms with van der Waals surface area (Å²) in [5, 5.41) is 13.9. The first-order valence-electron chi connectivity index (χ1n) is 8.47. The van der Waals surface area contributed by atoms with Crippen molar-refractivity contribution in [2.45, 2.75) is 4.90 Å². The van der Waals surface area contributed by atoms with Crippen LogP contribution in [-0.2, 0) is 4.79 Å². The number of rotatable bonds is 8. The molecule has 0 saturated heterocycles. The van der Waals surface area contributed by atoms with E-state index in [1.54, 1.807) is 24.3 Å². The summed E-state index contributed by atoms with van der Waals surface area (Å²) in [5.41, 5.74) is 5.37. The summed E-state index contributed by atoms with van der Waals surface area (Å²) in [6.07, 6.45) is 4.47. The lowest BCUT2D eigenvalue weighted by Gasteiger charge is -2.08. The summed E-state index contributed by atoms with van der Waals surface area (Å²) in [5.74, 6) is -0.450. The van der Waals surface area contributed by atoms with Gasteiger partial charge >= 0.3 is 0 Å². The Morgan fingerprint density at radius 2 is 2.03 bits per heavy atom. The summed E-state index contributed by atoms with van der Waals surface area (Å²) < 4.78 is 5.56. The molecule has 0 unspecified atom stereocenters. The molecule has 0 saturated carbocycles. The number of hydrogen-bond donors (Lipinski definition) is 2. The highest BCUT2D eigenvalue weighted by molar-refractivity contribution is 8.00. The molecule has 0 fully saturated rings. The molecule has 2 aromatic carbocycles. The lowest BCUT2D eigenvalue weighted by molar-refractivity contribution is -0.387. The van der Waals surface area contributed by atoms with Gasteiger partial charge in [0.2, 0.25) is 17.7 Å². The van der Waals surface area contributed by atoms with Gasteiger partial charge in [-0.05, 0) is 24.3 Å². The first-order valence-corrected chi connectivity index (χ1v) is 9.46. The smallest absolute Gasteiger partial charge is 0.283 e. The van der Waals surface area contributed by atoms with Gasteiger partial charge < -0.3 is 15.8 Å². The van der Waals surface area contributed by atoms with E-state index in [0.29, 0.717) is 17.3 Å². The molecule has 0 bridgehead atoms. The van der Waals surface area contributed by atoms with E-state index in [4.69, 9.17) is 10.5 Å². The number of carbonyl (C=O) groups is 2. The van der Waals surface area contributed by atoms with Crippen LogP contribution in [0.25, 0.3) is 0 Å². The number of nitro groups is 1. The zero-order valence-electron chi connectivity index (χ0n) is 15.3. The average Bonchev–Trinajstić information content (AvgIpc) is 2.73. The number of nitrogens with zero attached hydrogens (tertiary/aromatic N) is 3. The molecule has 0 radical (unpaired) electrons. The lowest BCUT2D eigenvalue weighted by atomic mass is 10.2. The minimum Gasteiger partial charge on any atom is -0.437 e. The largest absolute Gasteiger partial charge is 0.437 e. The number of ether oxygens (including phenoxy) is 1. The number of carbonyl (C=O) groups excluding carboxylic acids is 2. The summed E-state index contributed by atoms with van der Waals surface area (Å²) in [6.45, 7) is 0. The van der Waals surface area contributed by atoms with Crippen LogP contribution < -0.4 is 15.8 Å². The molecule has 1 heterocycles. The third-order valence-electron chi connectivity index (χ3n) is 3.68. The van der Waals surface area contributed by atoms with Crippen molar-refractivity contribution in [2.75, 3.05) is 11.1 Å². The third-order valence-corrected chi connectivity index (χ3v) is 4.74. The Morgan fingerprint density at radius 1 is 1.20 bits per heavy atom. The van der Waals surface area contributed by atoms with Gasteiger partial charge in [-0.1, -0.05) is 6.07 Å². The van der Waals surface area contributed by atoms with Gasteiger partial charge in [-0.15, -0.1) is 11.8 Å². The van der Waals surface area contributed by atoms with Gasteiger partial charge in [0.25, 0.3) is 5.69 Å². The molecule has 0 spiro atoms. The fourth-order valence-corrected chi connectivity index (χ4v) is 3.18. The van der Waals surface area contributed by atoms with Crippen molar-refractivity contribution in [2.24, 2.45) is 5.73 Å². The van der Waals surface area contributed by atoms with Crippen LogP contribution in [-0.4, -0.2) is 32.5 Å². The first-order chi connectivity index (χ1) is 14.4. The van der Waals surface area contributed by atoms with Gasteiger partial charge in [-0.3, -0.25) is 24.7 Å². The van der Waals surface area contributed by atoms with Crippen LogP contribution in [0, 0.1) is 10.1 Å². The fraction of sp³-hybridized carbons (Fsp3) is 0.0526. The Morgan fingerprint density at radius 3 is 2.73 bits per heavy atom. The second kappa shape index (κ2) is 9.47. The van der Waals surface area contributed by atoms with Crippen molar-refractivity contribution in [1.82, 2.24) is 9.97 Å². The topological polar surface area (TPSA) is 150 Å². The van der Waals surface area contributed by atoms with Crippen molar-refractivity contribution in [3.05, 3.63) is 76.7 Å². The maximum Gasteiger partial charge on any atom is 0.283 e. The number of primary amides is 1. The Balaban J connectivity index is 1.63. The van der Waals surface area contributed by atoms with E-state index in [9.17, 15) is 19.7 Å². The Hall–Kier alpha value is -3.99. The molecule has 3 rings (SSSR count). The summed E-state index contributed by atoms with van der Waals surface area (Å²) in [7, 11) is 0. The Labute approximate surface area is 174 Å². The summed E-state index contributed by atoms with van der Waals surface area (Å²) in [4.78, 5) is 42.3. The van der Waals surface area contributed by atoms with Crippen LogP contribution in [0.4, 0.5) is 11.4 Å². The normalized spacial score (nSPS) is 10.3. The van der Waals surface area contributed by atoms with Crippen LogP contribution in [0.3, 0.4) is 0 Å². The van der Waals surface area contributed by atoms with Gasteiger partial charge in [0.1, 0.15) is 5.75 Å². The van der Waals surface area contributed by atoms with E-state index in [0.717, 1.165) is 17.8 Å². The van der Waals surface area contributed by atoms with Gasteiger partial charge in [0.15, 0.2) is 0 Å². The zero-order valence-corrected chi connectivity index (χ0v) is 16.2. The van der Waals surface area contributed by atoms with Crippen molar-refractivity contribution in [1.29, 1.82) is 0 Å². The van der Waals surface area contributed by atoms with Crippen LogP contribution >= 0.6 is 11.8 Å². The van der Waals surface area contributed by atoms with E-state index in [2.05, 4.69) is 15.3 Å². The standard InChI is InChI=1S/C19H15N5O5S/c20-19(26)12-4-5-16(15(8-12)24(27)28)30-11-17(25)23-13-2-1-3-14(9-13)29-18-10-21-6-7-22-18/h1-10H,11H2,(H2,20,26)(H,23,25). The molecule has 3 aromatic rings. The Kier molecular flexibility index (Phi) is 6.55. The molecule has 11 heteroatoms. The van der Waals surface area contributed by atoms with Gasteiger partial charge in [-0.2, -0.15) is 0 Å². The second-order valence-electron chi connectivity index (χ2n) is 5.81. The predicted octanol–water partition coefficient (Wildman–Crippen LogP) is 3.01. The molecule has 2 amide bonds. The number of benzene rings is 2. The molecular formula is C19H15N5O5S. The average molecular weight is 425 g/mol. The molecule has 0 aliphatic heterocycles. The van der Waals surface area contributed by atoms with E-state index in [1.807, 2.05) is 0 Å². The van der Waals surface area contributed by atoms with Gasteiger partial charge in [0.05, 0.1) is 21.8 Å². The van der Waals surface area contributed by atoms with Crippen LogP contribution in [0.2, 0.25) is 0 Å². The predicted molar refractivity (Wildman–Crippen MR) is 110 cm³/mol. The number of nitrogens with one attached hydrogen (secondary N) is 1. The second-order valence-corrected chi connectivity index (χ2v) is 6.83. The molecule has 0 aliphatic carbocycles. The van der Waals surface area contributed by atoms with Crippen LogP contribution in [0.15, 0.2) is 66.0 Å². The highest BCUT2D eigenvalue weighted by Gasteiger charge is 2.18. The van der Waals surface area contributed by atoms with Crippen LogP contribution in [0.1, 0.15) is 10.4 Å². The minimum atomic E-state index is -0.768. The molecule has 0 atom stereocenters. The van der Waals surface area contributed by atoms with Gasteiger partial charge in [-0.25, -0.2) is 4.98 Å². The SMILES string of the molecule is NC(=O)c1ccc(SCC(=O)Nc2cccc(Oc3cnccn3)c2)c([N+](=O)[O-])c1. The number of nitro benzene ring substituents is 1. The molecule has 30 heavy (non-hydrogen) atoms. The molecular weight excluding hydrogens is 410 g/mol. The maximum atomic E-state index is 12.3. The zero-order chi connectivity index (χ0) is 21.5. The van der Waals surface area contributed by atoms with E-state index < -0.39 is 10.8 Å². The van der Waals surface area contributed by atoms with E-state index in [-0.39, 0.29) is 27.8 Å². The van der Waals surface area contributed by atoms with E-state index >= 15 is 0 Å². The minimum absolute atomic E-state index is 0.0235. The fourth-order valence-electron chi connectivity index (χ4n) is 2.37. The lowest BCUT2D eigenvalue weighted by Crippen LogP contribution is -2.14. The van der Waals surface area contributed by atoms with Crippen molar-refractivity contribution in [3.8, 4) is 11.6 Å².